The van der Waals surface area contributed by atoms with Crippen LogP contribution in [0.3, 0.4) is 0 Å². The molecule has 0 radical (unpaired) electrons. The van der Waals surface area contributed by atoms with Crippen LogP contribution in [0.4, 0.5) is 0 Å². The molecule has 2 aliphatic rings. The summed E-state index contributed by atoms with van der Waals surface area (Å²) in [6, 6.07) is 0. The first-order valence-electron chi connectivity index (χ1n) is 7.67. The lowest BCUT2D eigenvalue weighted by molar-refractivity contribution is -0.142. The highest BCUT2D eigenvalue weighted by Crippen LogP contribution is 2.27. The van der Waals surface area contributed by atoms with E-state index in [0.717, 1.165) is 32.2 Å². The predicted octanol–water partition coefficient (Wildman–Crippen LogP) is 2.67. The van der Waals surface area contributed by atoms with Crippen molar-refractivity contribution in [3.8, 4) is 0 Å². The Morgan fingerprint density at radius 1 is 1.00 bits per heavy atom. The van der Waals surface area contributed by atoms with Gasteiger partial charge in [-0.05, 0) is 31.6 Å². The molecule has 1 aliphatic heterocycles. The standard InChI is InChI=1S/C15H25NO3/c17-14(18)10-12-6-5-9-16(11-12)15(19)13-7-3-1-2-4-8-13/h12-13H,1-11H2,(H,17,18). The molecule has 1 unspecified atom stereocenters. The van der Waals surface area contributed by atoms with Crippen molar-refractivity contribution in [1.82, 2.24) is 4.90 Å². The van der Waals surface area contributed by atoms with Crippen LogP contribution in [0.5, 0.6) is 0 Å². The molecule has 0 spiro atoms. The lowest BCUT2D eigenvalue weighted by atomic mass is 9.92. The molecule has 4 heteroatoms. The van der Waals surface area contributed by atoms with Gasteiger partial charge in [-0.25, -0.2) is 0 Å². The van der Waals surface area contributed by atoms with Crippen LogP contribution in [0.1, 0.15) is 57.8 Å². The molecular weight excluding hydrogens is 242 g/mol. The summed E-state index contributed by atoms with van der Waals surface area (Å²) < 4.78 is 0. The Morgan fingerprint density at radius 2 is 1.68 bits per heavy atom. The number of nitrogens with zero attached hydrogens (tertiary/aromatic N) is 1. The Bertz CT molecular complexity index is 321. The second kappa shape index (κ2) is 6.92. The molecule has 1 aliphatic carbocycles. The van der Waals surface area contributed by atoms with E-state index in [-0.39, 0.29) is 24.2 Å². The van der Waals surface area contributed by atoms with Crippen LogP contribution >= 0.6 is 0 Å². The summed E-state index contributed by atoms with van der Waals surface area (Å²) in [5, 5.41) is 8.87. The maximum atomic E-state index is 12.5. The molecule has 4 nitrogen and oxygen atoms in total. The first-order chi connectivity index (χ1) is 9.16. The van der Waals surface area contributed by atoms with Gasteiger partial charge in [-0.15, -0.1) is 0 Å². The van der Waals surface area contributed by atoms with Crippen molar-refractivity contribution in [2.45, 2.75) is 57.8 Å². The number of rotatable bonds is 3. The molecule has 0 bridgehead atoms. The first-order valence-corrected chi connectivity index (χ1v) is 7.67. The number of aliphatic carboxylic acids is 1. The highest BCUT2D eigenvalue weighted by atomic mass is 16.4. The summed E-state index contributed by atoms with van der Waals surface area (Å²) in [5.74, 6) is -0.0992. The van der Waals surface area contributed by atoms with E-state index in [4.69, 9.17) is 5.11 Å². The van der Waals surface area contributed by atoms with Gasteiger partial charge in [0.25, 0.3) is 0 Å². The summed E-state index contributed by atoms with van der Waals surface area (Å²) in [6.07, 6.45) is 9.01. The lowest BCUT2D eigenvalue weighted by Gasteiger charge is -2.34. The van der Waals surface area contributed by atoms with E-state index < -0.39 is 5.97 Å². The molecule has 2 rings (SSSR count). The fourth-order valence-corrected chi connectivity index (χ4v) is 3.46. The third-order valence-corrected chi connectivity index (χ3v) is 4.50. The van der Waals surface area contributed by atoms with Crippen LogP contribution in [-0.4, -0.2) is 35.0 Å². The normalized spacial score (nSPS) is 25.9. The van der Waals surface area contributed by atoms with Crippen molar-refractivity contribution in [3.05, 3.63) is 0 Å². The average molecular weight is 267 g/mol. The van der Waals surface area contributed by atoms with Crippen LogP contribution in [0.15, 0.2) is 0 Å². The van der Waals surface area contributed by atoms with Crippen LogP contribution in [-0.2, 0) is 9.59 Å². The molecule has 1 amide bonds. The zero-order valence-corrected chi connectivity index (χ0v) is 11.6. The minimum absolute atomic E-state index is 0.154. The maximum Gasteiger partial charge on any atom is 0.303 e. The van der Waals surface area contributed by atoms with Gasteiger partial charge < -0.3 is 10.0 Å². The number of hydrogen-bond donors (Lipinski definition) is 1. The van der Waals surface area contributed by atoms with Crippen molar-refractivity contribution in [3.63, 3.8) is 0 Å². The first kappa shape index (κ1) is 14.4. The van der Waals surface area contributed by atoms with Crippen LogP contribution in [0, 0.1) is 11.8 Å². The van der Waals surface area contributed by atoms with Crippen LogP contribution < -0.4 is 0 Å². The fraction of sp³-hybridized carbons (Fsp3) is 0.867. The topological polar surface area (TPSA) is 57.6 Å². The molecule has 19 heavy (non-hydrogen) atoms. The number of carboxylic acids is 1. The minimum atomic E-state index is -0.742. The molecule has 1 heterocycles. The van der Waals surface area contributed by atoms with E-state index in [1.165, 1.54) is 25.7 Å². The number of amides is 1. The molecule has 0 aromatic rings. The van der Waals surface area contributed by atoms with E-state index >= 15 is 0 Å². The van der Waals surface area contributed by atoms with Crippen molar-refractivity contribution >= 4 is 11.9 Å². The molecule has 1 saturated carbocycles. The second-order valence-electron chi connectivity index (χ2n) is 6.08. The molecule has 2 fully saturated rings. The third-order valence-electron chi connectivity index (χ3n) is 4.50. The molecule has 1 saturated heterocycles. The third kappa shape index (κ3) is 4.22. The average Bonchev–Trinajstić information content (AvgIpc) is 2.66. The Hall–Kier alpha value is -1.06. The molecule has 108 valence electrons. The summed E-state index contributed by atoms with van der Waals surface area (Å²) >= 11 is 0. The molecule has 1 atom stereocenters. The van der Waals surface area contributed by atoms with E-state index in [0.29, 0.717) is 6.54 Å². The van der Waals surface area contributed by atoms with Crippen molar-refractivity contribution < 1.29 is 14.7 Å². The second-order valence-corrected chi connectivity index (χ2v) is 6.08. The van der Waals surface area contributed by atoms with Crippen molar-refractivity contribution in [1.29, 1.82) is 0 Å². The monoisotopic (exact) mass is 267 g/mol. The number of carbonyl (C=O) groups is 2. The van der Waals surface area contributed by atoms with Gasteiger partial charge in [0, 0.05) is 25.4 Å². The highest BCUT2D eigenvalue weighted by molar-refractivity contribution is 5.79. The number of carboxylic acid groups (broad SMARTS) is 1. The van der Waals surface area contributed by atoms with Crippen molar-refractivity contribution in [2.24, 2.45) is 11.8 Å². The lowest BCUT2D eigenvalue weighted by Crippen LogP contribution is -2.43. The summed E-state index contributed by atoms with van der Waals surface area (Å²) in [7, 11) is 0. The Balaban J connectivity index is 1.88. The van der Waals surface area contributed by atoms with Gasteiger partial charge >= 0.3 is 5.97 Å². The number of piperidine rings is 1. The largest absolute Gasteiger partial charge is 0.481 e. The van der Waals surface area contributed by atoms with E-state index in [2.05, 4.69) is 0 Å². The summed E-state index contributed by atoms with van der Waals surface area (Å²) in [4.78, 5) is 25.2. The predicted molar refractivity (Wildman–Crippen MR) is 72.7 cm³/mol. The number of hydrogen-bond acceptors (Lipinski definition) is 2. The fourth-order valence-electron chi connectivity index (χ4n) is 3.46. The Morgan fingerprint density at radius 3 is 2.32 bits per heavy atom. The van der Waals surface area contributed by atoms with Gasteiger partial charge in [-0.3, -0.25) is 9.59 Å². The minimum Gasteiger partial charge on any atom is -0.481 e. The van der Waals surface area contributed by atoms with Gasteiger partial charge in [0.15, 0.2) is 0 Å². The van der Waals surface area contributed by atoms with Gasteiger partial charge in [0.1, 0.15) is 0 Å². The Kier molecular flexibility index (Phi) is 5.23. The van der Waals surface area contributed by atoms with E-state index in [1.807, 2.05) is 4.90 Å². The van der Waals surface area contributed by atoms with Gasteiger partial charge in [0.05, 0.1) is 0 Å². The zero-order valence-electron chi connectivity index (χ0n) is 11.6. The van der Waals surface area contributed by atoms with Gasteiger partial charge in [-0.1, -0.05) is 25.7 Å². The maximum absolute atomic E-state index is 12.5. The van der Waals surface area contributed by atoms with Gasteiger partial charge in [-0.2, -0.15) is 0 Å². The summed E-state index contributed by atoms with van der Waals surface area (Å²) in [5.41, 5.74) is 0. The number of likely N-dealkylation sites (tertiary alicyclic amines) is 1. The molecule has 0 aromatic carbocycles. The SMILES string of the molecule is O=C(O)CC1CCCN(C(=O)C2CCCCCC2)C1. The highest BCUT2D eigenvalue weighted by Gasteiger charge is 2.29. The zero-order chi connectivity index (χ0) is 13.7. The van der Waals surface area contributed by atoms with Crippen molar-refractivity contribution in [2.75, 3.05) is 13.1 Å². The quantitative estimate of drug-likeness (QED) is 0.800. The van der Waals surface area contributed by atoms with Crippen LogP contribution in [0.25, 0.3) is 0 Å². The summed E-state index contributed by atoms with van der Waals surface area (Å²) in [6.45, 7) is 1.48. The van der Waals surface area contributed by atoms with E-state index in [9.17, 15) is 9.59 Å². The molecule has 0 aromatic heterocycles. The number of carbonyl (C=O) groups excluding carboxylic acids is 1. The van der Waals surface area contributed by atoms with E-state index in [1.54, 1.807) is 0 Å². The molecular formula is C15H25NO3. The Labute approximate surface area is 115 Å². The smallest absolute Gasteiger partial charge is 0.303 e. The molecule has 1 N–H and O–H groups in total. The van der Waals surface area contributed by atoms with Gasteiger partial charge in [0.2, 0.25) is 5.91 Å². The van der Waals surface area contributed by atoms with Crippen LogP contribution in [0.2, 0.25) is 0 Å².